The second-order valence-electron chi connectivity index (χ2n) is 4.55. The zero-order chi connectivity index (χ0) is 7.90. The molecule has 0 bridgehead atoms. The average Bonchev–Trinajstić information content (AvgIpc) is 2.61. The molecular formula is C10H17Br. The highest BCUT2D eigenvalue weighted by atomic mass is 79.9. The lowest BCUT2D eigenvalue weighted by molar-refractivity contribution is 0.282. The molecule has 0 saturated heterocycles. The predicted molar refractivity (Wildman–Crippen MR) is 52.0 cm³/mol. The molecule has 0 aliphatic heterocycles. The summed E-state index contributed by atoms with van der Waals surface area (Å²) in [6.45, 7) is 2.31. The fourth-order valence-corrected chi connectivity index (χ4v) is 3.65. The second kappa shape index (κ2) is 2.76. The van der Waals surface area contributed by atoms with Crippen molar-refractivity contribution < 1.29 is 0 Å². The summed E-state index contributed by atoms with van der Waals surface area (Å²) < 4.78 is 0. The van der Waals surface area contributed by atoms with Crippen LogP contribution in [0.25, 0.3) is 0 Å². The summed E-state index contributed by atoms with van der Waals surface area (Å²) in [6.07, 6.45) is 7.42. The fourth-order valence-electron chi connectivity index (χ4n) is 2.92. The Morgan fingerprint density at radius 1 is 1.36 bits per heavy atom. The van der Waals surface area contributed by atoms with Crippen LogP contribution in [0.5, 0.6) is 0 Å². The van der Waals surface area contributed by atoms with Crippen molar-refractivity contribution in [2.24, 2.45) is 17.3 Å². The summed E-state index contributed by atoms with van der Waals surface area (Å²) in [5, 5.41) is 1.25. The topological polar surface area (TPSA) is 0 Å². The molecule has 0 nitrogen and oxygen atoms in total. The van der Waals surface area contributed by atoms with Crippen molar-refractivity contribution in [2.75, 3.05) is 5.33 Å². The van der Waals surface area contributed by atoms with Crippen molar-refractivity contribution in [3.8, 4) is 0 Å². The van der Waals surface area contributed by atoms with Gasteiger partial charge in [-0.25, -0.2) is 0 Å². The molecule has 2 aliphatic carbocycles. The highest BCUT2D eigenvalue weighted by Crippen LogP contribution is 2.61. The van der Waals surface area contributed by atoms with Crippen molar-refractivity contribution in [1.82, 2.24) is 0 Å². The van der Waals surface area contributed by atoms with Gasteiger partial charge in [-0.05, 0) is 42.9 Å². The van der Waals surface area contributed by atoms with E-state index in [0.29, 0.717) is 0 Å². The van der Waals surface area contributed by atoms with Crippen molar-refractivity contribution in [3.63, 3.8) is 0 Å². The van der Waals surface area contributed by atoms with Gasteiger partial charge in [0.25, 0.3) is 0 Å². The molecule has 0 aromatic carbocycles. The van der Waals surface area contributed by atoms with Gasteiger partial charge < -0.3 is 0 Å². The van der Waals surface area contributed by atoms with E-state index in [0.717, 1.165) is 17.3 Å². The Balaban J connectivity index is 1.96. The number of alkyl halides is 1. The second-order valence-corrected chi connectivity index (χ2v) is 5.11. The lowest BCUT2D eigenvalue weighted by atomic mass is 9.81. The van der Waals surface area contributed by atoms with E-state index in [2.05, 4.69) is 22.9 Å². The lowest BCUT2D eigenvalue weighted by Crippen LogP contribution is -2.19. The number of rotatable bonds is 3. The summed E-state index contributed by atoms with van der Waals surface area (Å²) in [5.41, 5.74) is 0.725. The molecule has 0 amide bonds. The third-order valence-corrected chi connectivity index (χ3v) is 4.71. The van der Waals surface area contributed by atoms with E-state index in [1.54, 1.807) is 6.42 Å². The largest absolute Gasteiger partial charge is 0.0922 e. The van der Waals surface area contributed by atoms with Crippen LogP contribution in [0.2, 0.25) is 0 Å². The summed E-state index contributed by atoms with van der Waals surface area (Å²) >= 11 is 3.68. The molecule has 0 radical (unpaired) electrons. The van der Waals surface area contributed by atoms with Gasteiger partial charge in [0, 0.05) is 5.33 Å². The van der Waals surface area contributed by atoms with Crippen LogP contribution in [0, 0.1) is 17.3 Å². The van der Waals surface area contributed by atoms with E-state index < -0.39 is 0 Å². The van der Waals surface area contributed by atoms with Crippen molar-refractivity contribution in [3.05, 3.63) is 0 Å². The molecule has 2 unspecified atom stereocenters. The van der Waals surface area contributed by atoms with Gasteiger partial charge in [0.15, 0.2) is 0 Å². The van der Waals surface area contributed by atoms with Crippen LogP contribution in [0.1, 0.15) is 39.0 Å². The third kappa shape index (κ3) is 1.37. The molecule has 1 heteroatoms. The quantitative estimate of drug-likeness (QED) is 0.633. The smallest absolute Gasteiger partial charge is 0.00881 e. The fraction of sp³-hybridized carbons (Fsp3) is 1.00. The van der Waals surface area contributed by atoms with Crippen LogP contribution in [-0.2, 0) is 0 Å². The SMILES string of the molecule is CCCC1(CBr)CC2CC2C1. The summed E-state index contributed by atoms with van der Waals surface area (Å²) in [7, 11) is 0. The highest BCUT2D eigenvalue weighted by Gasteiger charge is 2.52. The molecule has 2 rings (SSSR count). The van der Waals surface area contributed by atoms with Gasteiger partial charge in [-0.2, -0.15) is 0 Å². The maximum Gasteiger partial charge on any atom is 0.00881 e. The summed E-state index contributed by atoms with van der Waals surface area (Å²) in [6, 6.07) is 0. The first-order chi connectivity index (χ1) is 5.29. The molecule has 0 spiro atoms. The van der Waals surface area contributed by atoms with E-state index in [4.69, 9.17) is 0 Å². The zero-order valence-corrected chi connectivity index (χ0v) is 8.86. The molecule has 0 aromatic rings. The molecule has 11 heavy (non-hydrogen) atoms. The first-order valence-electron chi connectivity index (χ1n) is 4.85. The Bertz CT molecular complexity index is 143. The van der Waals surface area contributed by atoms with Gasteiger partial charge in [-0.15, -0.1) is 0 Å². The van der Waals surface area contributed by atoms with E-state index in [1.807, 2.05) is 0 Å². The van der Waals surface area contributed by atoms with Gasteiger partial charge in [-0.3, -0.25) is 0 Å². The van der Waals surface area contributed by atoms with E-state index in [1.165, 1.54) is 31.0 Å². The van der Waals surface area contributed by atoms with Crippen LogP contribution < -0.4 is 0 Å². The molecule has 0 N–H and O–H groups in total. The Labute approximate surface area is 77.9 Å². The van der Waals surface area contributed by atoms with Gasteiger partial charge in [0.2, 0.25) is 0 Å². The maximum absolute atomic E-state index is 3.68. The van der Waals surface area contributed by atoms with Crippen LogP contribution in [0.4, 0.5) is 0 Å². The minimum atomic E-state index is 0.725. The van der Waals surface area contributed by atoms with E-state index in [-0.39, 0.29) is 0 Å². The zero-order valence-electron chi connectivity index (χ0n) is 7.28. The van der Waals surface area contributed by atoms with Gasteiger partial charge in [0.1, 0.15) is 0 Å². The van der Waals surface area contributed by atoms with Crippen LogP contribution in [-0.4, -0.2) is 5.33 Å². The summed E-state index contributed by atoms with van der Waals surface area (Å²) in [4.78, 5) is 0. The number of hydrogen-bond acceptors (Lipinski definition) is 0. The molecule has 0 aromatic heterocycles. The van der Waals surface area contributed by atoms with E-state index >= 15 is 0 Å². The Hall–Kier alpha value is 0.480. The number of hydrogen-bond donors (Lipinski definition) is 0. The molecule has 0 heterocycles. The van der Waals surface area contributed by atoms with Crippen molar-refractivity contribution >= 4 is 15.9 Å². The standard InChI is InChI=1S/C10H17Br/c1-2-3-10(7-11)5-8-4-9(8)6-10/h8-9H,2-7H2,1H3. The first-order valence-corrected chi connectivity index (χ1v) is 5.98. The monoisotopic (exact) mass is 216 g/mol. The molecule has 2 aliphatic rings. The Kier molecular flexibility index (Phi) is 2.03. The molecule has 2 atom stereocenters. The van der Waals surface area contributed by atoms with Crippen LogP contribution in [0.3, 0.4) is 0 Å². The number of fused-ring (bicyclic) bond motifs is 1. The van der Waals surface area contributed by atoms with Crippen LogP contribution in [0.15, 0.2) is 0 Å². The molecular weight excluding hydrogens is 200 g/mol. The molecule has 2 saturated carbocycles. The highest BCUT2D eigenvalue weighted by molar-refractivity contribution is 9.09. The molecule has 64 valence electrons. The Morgan fingerprint density at radius 3 is 2.45 bits per heavy atom. The van der Waals surface area contributed by atoms with Gasteiger partial charge in [-0.1, -0.05) is 29.3 Å². The normalized spacial score (nSPS) is 47.5. The average molecular weight is 217 g/mol. The third-order valence-electron chi connectivity index (χ3n) is 3.52. The number of halogens is 1. The van der Waals surface area contributed by atoms with E-state index in [9.17, 15) is 0 Å². The minimum Gasteiger partial charge on any atom is -0.0922 e. The molecule has 2 fully saturated rings. The maximum atomic E-state index is 3.68. The summed E-state index contributed by atoms with van der Waals surface area (Å²) in [5.74, 6) is 2.28. The van der Waals surface area contributed by atoms with Gasteiger partial charge >= 0.3 is 0 Å². The van der Waals surface area contributed by atoms with Crippen molar-refractivity contribution in [2.45, 2.75) is 39.0 Å². The van der Waals surface area contributed by atoms with Crippen molar-refractivity contribution in [1.29, 1.82) is 0 Å². The van der Waals surface area contributed by atoms with Crippen LogP contribution >= 0.6 is 15.9 Å². The first kappa shape index (κ1) is 8.10. The lowest BCUT2D eigenvalue weighted by Gasteiger charge is -2.27. The predicted octanol–water partition coefficient (Wildman–Crippen LogP) is 3.60. The van der Waals surface area contributed by atoms with Gasteiger partial charge in [0.05, 0.1) is 0 Å². The minimum absolute atomic E-state index is 0.725. The Morgan fingerprint density at radius 2 is 2.00 bits per heavy atom.